The zero-order valence-corrected chi connectivity index (χ0v) is 10.6. The van der Waals surface area contributed by atoms with Gasteiger partial charge in [-0.05, 0) is 38.0 Å². The van der Waals surface area contributed by atoms with Crippen molar-refractivity contribution < 1.29 is 9.59 Å². The van der Waals surface area contributed by atoms with Gasteiger partial charge in [0.15, 0.2) is 0 Å². The number of nitrogens with one attached hydrogen (secondary N) is 2. The van der Waals surface area contributed by atoms with Crippen LogP contribution in [0.5, 0.6) is 0 Å². The second kappa shape index (κ2) is 5.68. The number of carbonyl (C=O) groups is 2. The Morgan fingerprint density at radius 1 is 1.11 bits per heavy atom. The number of hydrogen-bond acceptors (Lipinski definition) is 4. The molecule has 8 nitrogen and oxygen atoms in total. The molecule has 2 aliphatic rings. The molecule has 0 aromatic rings. The van der Waals surface area contributed by atoms with Gasteiger partial charge in [0.05, 0.1) is 0 Å². The molecular weight excluding hydrogens is 248 g/mol. The Bertz CT molecular complexity index is 444. The van der Waals surface area contributed by atoms with Gasteiger partial charge >= 0.3 is 12.1 Å². The molecule has 0 aromatic carbocycles. The molecular formula is C11H18N6O2. The van der Waals surface area contributed by atoms with Crippen LogP contribution in [0.3, 0.4) is 0 Å². The fourth-order valence-corrected chi connectivity index (χ4v) is 2.80. The number of hydrogen-bond donors (Lipinski definition) is 4. The molecule has 0 spiro atoms. The highest BCUT2D eigenvalue weighted by molar-refractivity contribution is 6.09. The van der Waals surface area contributed by atoms with Crippen LogP contribution in [0.15, 0.2) is 10.2 Å². The number of carbonyl (C=O) groups excluding carboxylic acids is 2. The number of rotatable bonds is 2. The van der Waals surface area contributed by atoms with E-state index in [1.54, 1.807) is 0 Å². The third-order valence-electron chi connectivity index (χ3n) is 3.54. The third kappa shape index (κ3) is 3.43. The zero-order valence-electron chi connectivity index (χ0n) is 10.6. The largest absolute Gasteiger partial charge is 0.350 e. The fraction of sp³-hybridized carbons (Fsp3) is 0.636. The quantitative estimate of drug-likeness (QED) is 0.533. The van der Waals surface area contributed by atoms with Crippen LogP contribution in [0.1, 0.15) is 32.1 Å². The summed E-state index contributed by atoms with van der Waals surface area (Å²) in [6.07, 6.45) is 4.72. The minimum absolute atomic E-state index is 0.0613. The topological polar surface area (TPSA) is 135 Å². The van der Waals surface area contributed by atoms with Crippen LogP contribution in [0.4, 0.5) is 9.59 Å². The van der Waals surface area contributed by atoms with Gasteiger partial charge in [0.25, 0.3) is 0 Å². The van der Waals surface area contributed by atoms with Crippen molar-refractivity contribution in [2.75, 3.05) is 0 Å². The minimum Gasteiger partial charge on any atom is -0.350 e. The van der Waals surface area contributed by atoms with Crippen LogP contribution in [-0.4, -0.2) is 23.5 Å². The molecule has 2 atom stereocenters. The van der Waals surface area contributed by atoms with Crippen molar-refractivity contribution in [3.05, 3.63) is 0 Å². The van der Waals surface area contributed by atoms with Gasteiger partial charge in [0.1, 0.15) is 0 Å². The molecule has 0 aliphatic heterocycles. The summed E-state index contributed by atoms with van der Waals surface area (Å²) in [6, 6.07) is -1.36. The normalized spacial score (nSPS) is 30.1. The highest BCUT2D eigenvalue weighted by Crippen LogP contribution is 2.37. The van der Waals surface area contributed by atoms with E-state index in [4.69, 9.17) is 11.5 Å². The Balaban J connectivity index is 2.15. The van der Waals surface area contributed by atoms with Gasteiger partial charge < -0.3 is 11.5 Å². The Morgan fingerprint density at radius 3 is 2.37 bits per heavy atom. The van der Waals surface area contributed by atoms with Gasteiger partial charge in [-0.1, -0.05) is 0 Å². The second-order valence-electron chi connectivity index (χ2n) is 4.91. The first-order chi connectivity index (χ1) is 9.06. The molecule has 2 rings (SSSR count). The van der Waals surface area contributed by atoms with E-state index in [2.05, 4.69) is 21.1 Å². The Hall–Kier alpha value is -2.12. The molecule has 2 saturated carbocycles. The molecule has 104 valence electrons. The average Bonchev–Trinajstić information content (AvgIpc) is 2.60. The first-order valence-corrected chi connectivity index (χ1v) is 6.30. The van der Waals surface area contributed by atoms with Crippen LogP contribution in [0.2, 0.25) is 0 Å². The van der Waals surface area contributed by atoms with Crippen molar-refractivity contribution in [3.8, 4) is 0 Å². The SMILES string of the molecule is NC(=O)N/N=C1/CC2CCC/C(=N\NC(N)=O)C1C2. The summed E-state index contributed by atoms with van der Waals surface area (Å²) in [5, 5.41) is 8.12. The minimum atomic E-state index is -0.681. The predicted octanol–water partition coefficient (Wildman–Crippen LogP) is 0.245. The lowest BCUT2D eigenvalue weighted by Crippen LogP contribution is -2.30. The molecule has 0 radical (unpaired) electrons. The van der Waals surface area contributed by atoms with Gasteiger partial charge in [0.2, 0.25) is 0 Å². The molecule has 4 amide bonds. The first-order valence-electron chi connectivity index (χ1n) is 6.30. The lowest BCUT2D eigenvalue weighted by atomic mass is 9.97. The number of fused-ring (bicyclic) bond motifs is 2. The number of nitrogens with two attached hydrogens (primary N) is 2. The number of urea groups is 2. The third-order valence-corrected chi connectivity index (χ3v) is 3.54. The van der Waals surface area contributed by atoms with Gasteiger partial charge in [-0.25, -0.2) is 20.4 Å². The van der Waals surface area contributed by atoms with Crippen molar-refractivity contribution in [3.63, 3.8) is 0 Å². The van der Waals surface area contributed by atoms with E-state index in [9.17, 15) is 9.59 Å². The molecule has 0 saturated heterocycles. The highest BCUT2D eigenvalue weighted by Gasteiger charge is 2.36. The van der Waals surface area contributed by atoms with E-state index in [0.717, 1.165) is 43.5 Å². The fourth-order valence-electron chi connectivity index (χ4n) is 2.80. The van der Waals surface area contributed by atoms with Crippen LogP contribution in [0.25, 0.3) is 0 Å². The van der Waals surface area contributed by atoms with E-state index in [-0.39, 0.29) is 5.92 Å². The van der Waals surface area contributed by atoms with Crippen molar-refractivity contribution >= 4 is 23.5 Å². The van der Waals surface area contributed by atoms with Crippen molar-refractivity contribution in [1.29, 1.82) is 0 Å². The maximum Gasteiger partial charge on any atom is 0.332 e. The molecule has 8 heteroatoms. The van der Waals surface area contributed by atoms with E-state index < -0.39 is 12.1 Å². The van der Waals surface area contributed by atoms with E-state index in [1.165, 1.54) is 0 Å². The highest BCUT2D eigenvalue weighted by atomic mass is 16.2. The number of nitrogens with zero attached hydrogens (tertiary/aromatic N) is 2. The van der Waals surface area contributed by atoms with E-state index in [1.807, 2.05) is 0 Å². The molecule has 2 fully saturated rings. The van der Waals surface area contributed by atoms with E-state index >= 15 is 0 Å². The van der Waals surface area contributed by atoms with Gasteiger partial charge in [-0.2, -0.15) is 10.2 Å². The summed E-state index contributed by atoms with van der Waals surface area (Å²) >= 11 is 0. The molecule has 6 N–H and O–H groups in total. The van der Waals surface area contributed by atoms with Crippen molar-refractivity contribution in [2.45, 2.75) is 32.1 Å². The zero-order chi connectivity index (χ0) is 13.8. The monoisotopic (exact) mass is 266 g/mol. The summed E-state index contributed by atoms with van der Waals surface area (Å²) in [5.74, 6) is 0.617. The lowest BCUT2D eigenvalue weighted by molar-refractivity contribution is 0.248. The standard InChI is InChI=1S/C11H18N6O2/c12-10(18)16-14-8-3-1-2-6-4-7(8)9(5-6)15-17-11(13)19/h6-7H,1-5H2,(H3,12,16,18)(H3,13,17,19)/b14-8+,15-9-. The number of hydrazone groups is 2. The van der Waals surface area contributed by atoms with Crippen LogP contribution >= 0.6 is 0 Å². The maximum absolute atomic E-state index is 10.7. The molecule has 2 bridgehead atoms. The average molecular weight is 266 g/mol. The summed E-state index contributed by atoms with van der Waals surface area (Å²) < 4.78 is 0. The van der Waals surface area contributed by atoms with Crippen LogP contribution in [-0.2, 0) is 0 Å². The van der Waals surface area contributed by atoms with Crippen LogP contribution < -0.4 is 22.3 Å². The van der Waals surface area contributed by atoms with Gasteiger partial charge in [-0.15, -0.1) is 0 Å². The summed E-state index contributed by atoms with van der Waals surface area (Å²) in [7, 11) is 0. The number of primary amides is 2. The molecule has 0 heterocycles. The summed E-state index contributed by atoms with van der Waals surface area (Å²) in [4.78, 5) is 21.4. The van der Waals surface area contributed by atoms with Crippen molar-refractivity contribution in [2.24, 2.45) is 33.5 Å². The lowest BCUT2D eigenvalue weighted by Gasteiger charge is -2.14. The van der Waals surface area contributed by atoms with Gasteiger partial charge in [-0.3, -0.25) is 0 Å². The smallest absolute Gasteiger partial charge is 0.332 e. The maximum atomic E-state index is 10.7. The Labute approximate surface area is 110 Å². The summed E-state index contributed by atoms with van der Waals surface area (Å²) in [6.45, 7) is 0. The molecule has 19 heavy (non-hydrogen) atoms. The van der Waals surface area contributed by atoms with Crippen LogP contribution in [0, 0.1) is 11.8 Å². The molecule has 2 aliphatic carbocycles. The Morgan fingerprint density at radius 2 is 1.74 bits per heavy atom. The second-order valence-corrected chi connectivity index (χ2v) is 4.91. The Kier molecular flexibility index (Phi) is 3.98. The van der Waals surface area contributed by atoms with Gasteiger partial charge in [0, 0.05) is 17.3 Å². The number of amides is 4. The van der Waals surface area contributed by atoms with E-state index in [0.29, 0.717) is 5.92 Å². The predicted molar refractivity (Wildman–Crippen MR) is 70.4 cm³/mol. The summed E-state index contributed by atoms with van der Waals surface area (Å²) in [5.41, 5.74) is 16.3. The first kappa shape index (κ1) is 13.3. The van der Waals surface area contributed by atoms with Crippen molar-refractivity contribution in [1.82, 2.24) is 10.9 Å². The molecule has 2 unspecified atom stereocenters. The molecule has 0 aromatic heterocycles.